The summed E-state index contributed by atoms with van der Waals surface area (Å²) in [6, 6.07) is 14.5. The number of hydrogen-bond acceptors (Lipinski definition) is 6. The fourth-order valence-corrected chi connectivity index (χ4v) is 4.38. The molecule has 26 heavy (non-hydrogen) atoms. The summed E-state index contributed by atoms with van der Waals surface area (Å²) in [5.74, 6) is 0. The Labute approximate surface area is 165 Å². The van der Waals surface area contributed by atoms with Crippen LogP contribution in [-0.4, -0.2) is 14.9 Å². The van der Waals surface area contributed by atoms with Gasteiger partial charge in [-0.3, -0.25) is 10.1 Å². The third-order valence-corrected chi connectivity index (χ3v) is 6.04. The summed E-state index contributed by atoms with van der Waals surface area (Å²) < 4.78 is 1.03. The van der Waals surface area contributed by atoms with E-state index in [1.54, 1.807) is 6.07 Å². The summed E-state index contributed by atoms with van der Waals surface area (Å²) in [4.78, 5) is 19.8. The molecule has 0 saturated heterocycles. The van der Waals surface area contributed by atoms with Crippen molar-refractivity contribution in [2.24, 2.45) is 0 Å². The van der Waals surface area contributed by atoms with E-state index in [4.69, 9.17) is 0 Å². The summed E-state index contributed by atoms with van der Waals surface area (Å²) in [7, 11) is 0. The number of nitrogens with zero attached hydrogens (tertiary/aromatic N) is 3. The minimum absolute atomic E-state index is 0.0591. The first-order valence-corrected chi connectivity index (χ1v) is 10.1. The van der Waals surface area contributed by atoms with Gasteiger partial charge in [0, 0.05) is 38.5 Å². The highest BCUT2D eigenvalue weighted by Gasteiger charge is 2.13. The summed E-state index contributed by atoms with van der Waals surface area (Å²) in [5, 5.41) is 16.5. The van der Waals surface area contributed by atoms with E-state index in [9.17, 15) is 10.1 Å². The third kappa shape index (κ3) is 3.44. The topological polar surface area (TPSA) is 68.9 Å². The second-order valence-electron chi connectivity index (χ2n) is 5.39. The number of benzene rings is 2. The smallest absolute Gasteiger partial charge is 0.258 e. The minimum Gasteiger partial charge on any atom is -0.258 e. The molecule has 5 nitrogen and oxygen atoms in total. The predicted octanol–water partition coefficient (Wildman–Crippen LogP) is 6.27. The van der Waals surface area contributed by atoms with Crippen molar-refractivity contribution in [2.45, 2.75) is 0 Å². The lowest BCUT2D eigenvalue weighted by atomic mass is 10.1. The molecule has 128 valence electrons. The number of halogens is 1. The second kappa shape index (κ2) is 7.06. The lowest BCUT2D eigenvalue weighted by molar-refractivity contribution is -0.384. The molecule has 0 amide bonds. The molecule has 0 radical (unpaired) electrons. The maximum atomic E-state index is 10.9. The molecular formula is C18H10BrN3O2S2. The van der Waals surface area contributed by atoms with Crippen molar-refractivity contribution in [3.63, 3.8) is 0 Å². The Bertz CT molecular complexity index is 1090. The summed E-state index contributed by atoms with van der Waals surface area (Å²) in [6.45, 7) is 0. The minimum atomic E-state index is -0.401. The number of rotatable bonds is 4. The zero-order chi connectivity index (χ0) is 18.1. The van der Waals surface area contributed by atoms with Crippen molar-refractivity contribution in [1.29, 1.82) is 0 Å². The van der Waals surface area contributed by atoms with Gasteiger partial charge in [0.25, 0.3) is 5.69 Å². The monoisotopic (exact) mass is 443 g/mol. The maximum absolute atomic E-state index is 10.9. The van der Waals surface area contributed by atoms with Gasteiger partial charge < -0.3 is 0 Å². The quantitative estimate of drug-likeness (QED) is 0.275. The van der Waals surface area contributed by atoms with E-state index >= 15 is 0 Å². The molecule has 0 aliphatic heterocycles. The second-order valence-corrected chi connectivity index (χ2v) is 8.02. The van der Waals surface area contributed by atoms with Crippen LogP contribution in [-0.2, 0) is 0 Å². The molecule has 0 spiro atoms. The van der Waals surface area contributed by atoms with Crippen molar-refractivity contribution in [3.05, 3.63) is 73.9 Å². The number of thiazole rings is 2. The molecule has 0 aliphatic rings. The van der Waals surface area contributed by atoms with E-state index in [0.29, 0.717) is 5.69 Å². The van der Waals surface area contributed by atoms with E-state index in [2.05, 4.69) is 25.9 Å². The van der Waals surface area contributed by atoms with Crippen LogP contribution in [0, 0.1) is 10.1 Å². The standard InChI is InChI=1S/C18H10BrN3O2S2/c19-13-6-4-11(5-7-13)15-9-25-17(20-15)18-21-16(10-26-18)12-2-1-3-14(8-12)22(23)24/h1-10H. The molecule has 2 aromatic carbocycles. The summed E-state index contributed by atoms with van der Waals surface area (Å²) in [5.41, 5.74) is 3.46. The van der Waals surface area contributed by atoms with Crippen LogP contribution in [0.15, 0.2) is 63.8 Å². The van der Waals surface area contributed by atoms with Gasteiger partial charge in [-0.15, -0.1) is 22.7 Å². The lowest BCUT2D eigenvalue weighted by Gasteiger charge is -1.97. The van der Waals surface area contributed by atoms with Gasteiger partial charge in [0.05, 0.1) is 16.3 Å². The average Bonchev–Trinajstić information content (AvgIpc) is 3.32. The lowest BCUT2D eigenvalue weighted by Crippen LogP contribution is -1.88. The highest BCUT2D eigenvalue weighted by molar-refractivity contribution is 9.10. The van der Waals surface area contributed by atoms with Crippen molar-refractivity contribution < 1.29 is 4.92 Å². The van der Waals surface area contributed by atoms with Gasteiger partial charge in [0.1, 0.15) is 0 Å². The molecule has 0 aliphatic carbocycles. The SMILES string of the molecule is O=[N+]([O-])c1cccc(-c2csc(-c3nc(-c4ccc(Br)cc4)cs3)n2)c1. The van der Waals surface area contributed by atoms with Crippen LogP contribution in [0.5, 0.6) is 0 Å². The Kier molecular flexibility index (Phi) is 4.62. The first-order chi connectivity index (χ1) is 12.6. The number of non-ortho nitro benzene ring substituents is 1. The first-order valence-electron chi connectivity index (χ1n) is 7.52. The molecule has 2 heterocycles. The van der Waals surface area contributed by atoms with E-state index in [1.807, 2.05) is 41.1 Å². The summed E-state index contributed by atoms with van der Waals surface area (Å²) >= 11 is 6.45. The van der Waals surface area contributed by atoms with Gasteiger partial charge in [0.15, 0.2) is 10.0 Å². The Balaban J connectivity index is 1.63. The Morgan fingerprint density at radius 1 is 0.885 bits per heavy atom. The van der Waals surface area contributed by atoms with Crippen LogP contribution in [0.4, 0.5) is 5.69 Å². The Hall–Kier alpha value is -2.42. The van der Waals surface area contributed by atoms with Gasteiger partial charge in [-0.2, -0.15) is 0 Å². The van der Waals surface area contributed by atoms with Crippen LogP contribution < -0.4 is 0 Å². The van der Waals surface area contributed by atoms with Gasteiger partial charge in [-0.05, 0) is 12.1 Å². The number of hydrogen-bond donors (Lipinski definition) is 0. The van der Waals surface area contributed by atoms with Gasteiger partial charge in [-0.25, -0.2) is 9.97 Å². The molecule has 0 atom stereocenters. The van der Waals surface area contributed by atoms with Crippen molar-refractivity contribution in [2.75, 3.05) is 0 Å². The van der Waals surface area contributed by atoms with E-state index in [0.717, 1.165) is 31.3 Å². The van der Waals surface area contributed by atoms with Crippen LogP contribution in [0.3, 0.4) is 0 Å². The van der Waals surface area contributed by atoms with Crippen molar-refractivity contribution >= 4 is 44.3 Å². The zero-order valence-electron chi connectivity index (χ0n) is 13.1. The predicted molar refractivity (Wildman–Crippen MR) is 108 cm³/mol. The molecule has 0 saturated carbocycles. The number of nitro benzene ring substituents is 1. The molecule has 0 N–H and O–H groups in total. The molecule has 0 bridgehead atoms. The van der Waals surface area contributed by atoms with Crippen molar-refractivity contribution in [1.82, 2.24) is 9.97 Å². The number of nitro groups is 1. The van der Waals surface area contributed by atoms with Crippen LogP contribution in [0.1, 0.15) is 0 Å². The fourth-order valence-electron chi connectivity index (χ4n) is 2.41. The van der Waals surface area contributed by atoms with E-state index < -0.39 is 4.92 Å². The highest BCUT2D eigenvalue weighted by Crippen LogP contribution is 2.34. The van der Waals surface area contributed by atoms with Crippen LogP contribution in [0.25, 0.3) is 32.5 Å². The van der Waals surface area contributed by atoms with Gasteiger partial charge in [0.2, 0.25) is 0 Å². The maximum Gasteiger partial charge on any atom is 0.270 e. The highest BCUT2D eigenvalue weighted by atomic mass is 79.9. The average molecular weight is 444 g/mol. The Morgan fingerprint density at radius 3 is 2.12 bits per heavy atom. The van der Waals surface area contributed by atoms with Crippen molar-refractivity contribution in [3.8, 4) is 32.5 Å². The van der Waals surface area contributed by atoms with Crippen LogP contribution >= 0.6 is 38.6 Å². The van der Waals surface area contributed by atoms with Gasteiger partial charge >= 0.3 is 0 Å². The molecule has 0 fully saturated rings. The van der Waals surface area contributed by atoms with Gasteiger partial charge in [-0.1, -0.05) is 40.2 Å². The molecule has 4 rings (SSSR count). The van der Waals surface area contributed by atoms with Crippen LogP contribution in [0.2, 0.25) is 0 Å². The molecule has 0 unspecified atom stereocenters. The normalized spacial score (nSPS) is 10.8. The first kappa shape index (κ1) is 17.0. The summed E-state index contributed by atoms with van der Waals surface area (Å²) in [6.07, 6.45) is 0. The Morgan fingerprint density at radius 2 is 1.50 bits per heavy atom. The third-order valence-electron chi connectivity index (χ3n) is 3.68. The van der Waals surface area contributed by atoms with E-state index in [-0.39, 0.29) is 5.69 Å². The zero-order valence-corrected chi connectivity index (χ0v) is 16.3. The molecule has 2 aromatic heterocycles. The molecule has 8 heteroatoms. The fraction of sp³-hybridized carbons (Fsp3) is 0. The largest absolute Gasteiger partial charge is 0.270 e. The molecule has 4 aromatic rings. The number of aromatic nitrogens is 2. The molecular weight excluding hydrogens is 434 g/mol. The van der Waals surface area contributed by atoms with E-state index in [1.165, 1.54) is 34.8 Å².